The van der Waals surface area contributed by atoms with Crippen LogP contribution in [0.3, 0.4) is 0 Å². The Labute approximate surface area is 143 Å². The van der Waals surface area contributed by atoms with Gasteiger partial charge in [0.05, 0.1) is 10.5 Å². The number of carbonyl (C=O) groups is 2. The number of halogens is 1. The summed E-state index contributed by atoms with van der Waals surface area (Å²) in [7, 11) is -1.21. The maximum Gasteiger partial charge on any atom is 0.288 e. The van der Waals surface area contributed by atoms with Crippen molar-refractivity contribution in [2.45, 2.75) is 4.90 Å². The van der Waals surface area contributed by atoms with Crippen LogP contribution in [0.25, 0.3) is 0 Å². The highest BCUT2D eigenvalue weighted by atomic mass is 32.2. The van der Waals surface area contributed by atoms with Crippen LogP contribution in [-0.4, -0.2) is 43.6 Å². The predicted molar refractivity (Wildman–Crippen MR) is 86.4 cm³/mol. The van der Waals surface area contributed by atoms with Crippen LogP contribution in [0.15, 0.2) is 47.5 Å². The van der Waals surface area contributed by atoms with Gasteiger partial charge in [0.15, 0.2) is 0 Å². The third-order valence-electron chi connectivity index (χ3n) is 3.15. The van der Waals surface area contributed by atoms with E-state index in [-0.39, 0.29) is 10.6 Å². The highest BCUT2D eigenvalue weighted by molar-refractivity contribution is 7.89. The maximum absolute atomic E-state index is 13.9. The smallest absolute Gasteiger partial charge is 0.267 e. The quantitative estimate of drug-likeness (QED) is 0.768. The van der Waals surface area contributed by atoms with Crippen molar-refractivity contribution in [3.8, 4) is 0 Å². The second kappa shape index (κ2) is 7.36. The van der Waals surface area contributed by atoms with Gasteiger partial charge in [-0.05, 0) is 30.3 Å². The number of rotatable bonds is 4. The normalized spacial score (nSPS) is 11.2. The minimum Gasteiger partial charge on any atom is -0.267 e. The topological polar surface area (TPSA) is 108 Å². The summed E-state index contributed by atoms with van der Waals surface area (Å²) in [5, 5.41) is 0. The number of amides is 2. The number of aromatic nitrogens is 1. The summed E-state index contributed by atoms with van der Waals surface area (Å²) in [6.45, 7) is 0. The molecule has 0 spiro atoms. The molecule has 0 bridgehead atoms. The number of pyridine rings is 1. The fourth-order valence-electron chi connectivity index (χ4n) is 1.79. The van der Waals surface area contributed by atoms with Crippen molar-refractivity contribution in [1.29, 1.82) is 0 Å². The molecule has 0 fully saturated rings. The second-order valence-electron chi connectivity index (χ2n) is 5.05. The van der Waals surface area contributed by atoms with E-state index in [1.54, 1.807) is 12.1 Å². The van der Waals surface area contributed by atoms with Gasteiger partial charge in [-0.25, -0.2) is 17.1 Å². The van der Waals surface area contributed by atoms with Crippen molar-refractivity contribution >= 4 is 21.8 Å². The van der Waals surface area contributed by atoms with Gasteiger partial charge >= 0.3 is 0 Å². The lowest BCUT2D eigenvalue weighted by Crippen LogP contribution is -2.42. The van der Waals surface area contributed by atoms with Gasteiger partial charge in [-0.2, -0.15) is 0 Å². The molecule has 10 heteroatoms. The Morgan fingerprint density at radius 1 is 1.08 bits per heavy atom. The van der Waals surface area contributed by atoms with Gasteiger partial charge in [-0.15, -0.1) is 0 Å². The first-order valence-electron chi connectivity index (χ1n) is 6.97. The summed E-state index contributed by atoms with van der Waals surface area (Å²) in [4.78, 5) is 27.4. The lowest BCUT2D eigenvalue weighted by molar-refractivity contribution is 0.0841. The average Bonchev–Trinajstić information content (AvgIpc) is 2.60. The zero-order chi connectivity index (χ0) is 18.6. The highest BCUT2D eigenvalue weighted by Crippen LogP contribution is 2.17. The van der Waals surface area contributed by atoms with Crippen molar-refractivity contribution in [3.05, 3.63) is 59.7 Å². The Hall–Kier alpha value is -2.85. The van der Waals surface area contributed by atoms with E-state index in [1.165, 1.54) is 26.4 Å². The Morgan fingerprint density at radius 2 is 1.76 bits per heavy atom. The minimum absolute atomic E-state index is 0.0483. The number of sulfonamides is 1. The van der Waals surface area contributed by atoms with E-state index in [9.17, 15) is 22.4 Å². The zero-order valence-electron chi connectivity index (χ0n) is 13.4. The molecule has 1 aromatic carbocycles. The van der Waals surface area contributed by atoms with Gasteiger partial charge in [0.2, 0.25) is 10.0 Å². The number of benzene rings is 1. The van der Waals surface area contributed by atoms with E-state index < -0.39 is 33.2 Å². The van der Waals surface area contributed by atoms with E-state index in [4.69, 9.17) is 0 Å². The van der Waals surface area contributed by atoms with Crippen molar-refractivity contribution in [2.24, 2.45) is 0 Å². The molecule has 0 saturated carbocycles. The Balaban J connectivity index is 2.18. The van der Waals surface area contributed by atoms with Crippen LogP contribution >= 0.6 is 0 Å². The number of hydrogen-bond acceptors (Lipinski definition) is 5. The number of hydrazine groups is 1. The maximum atomic E-state index is 13.9. The first-order chi connectivity index (χ1) is 11.7. The van der Waals surface area contributed by atoms with Crippen molar-refractivity contribution in [1.82, 2.24) is 20.1 Å². The molecule has 2 rings (SSSR count). The first kappa shape index (κ1) is 18.5. The van der Waals surface area contributed by atoms with Crippen LogP contribution in [0.5, 0.6) is 0 Å². The predicted octanol–water partition coefficient (Wildman–Crippen LogP) is 0.546. The summed E-state index contributed by atoms with van der Waals surface area (Å²) < 4.78 is 38.9. The fourth-order valence-corrected chi connectivity index (χ4v) is 2.72. The monoisotopic (exact) mass is 366 g/mol. The second-order valence-corrected chi connectivity index (χ2v) is 7.20. The third kappa shape index (κ3) is 4.17. The van der Waals surface area contributed by atoms with E-state index in [2.05, 4.69) is 10.4 Å². The number of carbonyl (C=O) groups excluding carboxylic acids is 2. The largest absolute Gasteiger partial charge is 0.288 e. The molecular weight excluding hydrogens is 351 g/mol. The lowest BCUT2D eigenvalue weighted by atomic mass is 10.2. The number of nitrogens with zero attached hydrogens (tertiary/aromatic N) is 2. The zero-order valence-corrected chi connectivity index (χ0v) is 14.2. The molecule has 0 aliphatic heterocycles. The summed E-state index contributed by atoms with van der Waals surface area (Å²) in [6, 6.07) is 7.43. The molecule has 2 N–H and O–H groups in total. The van der Waals surface area contributed by atoms with Gasteiger partial charge in [-0.1, -0.05) is 6.07 Å². The van der Waals surface area contributed by atoms with Gasteiger partial charge in [0.1, 0.15) is 11.5 Å². The Bertz CT molecular complexity index is 901. The summed E-state index contributed by atoms with van der Waals surface area (Å²) in [5.41, 5.74) is 3.62. The van der Waals surface area contributed by atoms with Gasteiger partial charge in [0.25, 0.3) is 11.8 Å². The molecule has 0 radical (unpaired) electrons. The van der Waals surface area contributed by atoms with Crippen molar-refractivity contribution in [2.75, 3.05) is 14.1 Å². The van der Waals surface area contributed by atoms with Crippen LogP contribution in [0, 0.1) is 5.82 Å². The molecule has 2 amide bonds. The summed E-state index contributed by atoms with van der Waals surface area (Å²) in [6.07, 6.45) is 1.39. The molecule has 2 aromatic rings. The Kier molecular flexibility index (Phi) is 5.45. The molecule has 0 aliphatic carbocycles. The molecule has 0 saturated heterocycles. The summed E-state index contributed by atoms with van der Waals surface area (Å²) in [5.74, 6) is -2.63. The molecule has 0 unspecified atom stereocenters. The van der Waals surface area contributed by atoms with Crippen LogP contribution < -0.4 is 10.9 Å². The van der Waals surface area contributed by atoms with E-state index in [1.807, 2.05) is 5.43 Å². The summed E-state index contributed by atoms with van der Waals surface area (Å²) >= 11 is 0. The Morgan fingerprint density at radius 3 is 2.36 bits per heavy atom. The molecule has 1 aromatic heterocycles. The molecule has 8 nitrogen and oxygen atoms in total. The third-order valence-corrected chi connectivity index (χ3v) is 4.96. The van der Waals surface area contributed by atoms with Crippen LogP contribution in [-0.2, 0) is 10.0 Å². The molecule has 25 heavy (non-hydrogen) atoms. The molecule has 1 heterocycles. The SMILES string of the molecule is CN(C)S(=O)(=O)c1ccc(F)c(C(=O)NNC(=O)c2ccccn2)c1. The van der Waals surface area contributed by atoms with Gasteiger partial charge < -0.3 is 0 Å². The minimum atomic E-state index is -3.83. The van der Waals surface area contributed by atoms with Crippen molar-refractivity contribution < 1.29 is 22.4 Å². The first-order valence-corrected chi connectivity index (χ1v) is 8.41. The number of hydrogen-bond donors (Lipinski definition) is 2. The van der Waals surface area contributed by atoms with E-state index in [0.717, 1.165) is 22.5 Å². The van der Waals surface area contributed by atoms with Crippen LogP contribution in [0.1, 0.15) is 20.8 Å². The highest BCUT2D eigenvalue weighted by Gasteiger charge is 2.21. The molecule has 0 atom stereocenters. The van der Waals surface area contributed by atoms with E-state index in [0.29, 0.717) is 0 Å². The van der Waals surface area contributed by atoms with Crippen LogP contribution in [0.4, 0.5) is 4.39 Å². The lowest BCUT2D eigenvalue weighted by Gasteiger charge is -2.13. The van der Waals surface area contributed by atoms with Gasteiger partial charge in [-0.3, -0.25) is 25.4 Å². The molecular formula is C15H15FN4O4S. The van der Waals surface area contributed by atoms with Gasteiger partial charge in [0, 0.05) is 20.3 Å². The van der Waals surface area contributed by atoms with Crippen molar-refractivity contribution in [3.63, 3.8) is 0 Å². The number of nitrogens with one attached hydrogen (secondary N) is 2. The average molecular weight is 366 g/mol. The molecule has 0 aliphatic rings. The van der Waals surface area contributed by atoms with E-state index >= 15 is 0 Å². The standard InChI is InChI=1S/C15H15FN4O4S/c1-20(2)25(23,24)10-6-7-12(16)11(9-10)14(21)18-19-15(22)13-5-3-4-8-17-13/h3-9H,1-2H3,(H,18,21)(H,19,22). The molecule has 132 valence electrons. The fraction of sp³-hybridized carbons (Fsp3) is 0.133. The van der Waals surface area contributed by atoms with Crippen LogP contribution in [0.2, 0.25) is 0 Å².